The largest absolute Gasteiger partial charge is 0.317 e. The Morgan fingerprint density at radius 2 is 1.93 bits per heavy atom. The highest BCUT2D eigenvalue weighted by Gasteiger charge is 2.53. The quantitative estimate of drug-likeness (QED) is 0.724. The van der Waals surface area contributed by atoms with Crippen LogP contribution in [0.1, 0.15) is 43.3 Å². The van der Waals surface area contributed by atoms with Crippen LogP contribution in [-0.4, -0.2) is 14.8 Å². The van der Waals surface area contributed by atoms with Crippen molar-refractivity contribution in [3.8, 4) is 0 Å². The fraction of sp³-hybridized carbons (Fsp3) is 0.818. The highest BCUT2D eigenvalue weighted by atomic mass is 35.5. The van der Waals surface area contributed by atoms with E-state index < -0.39 is 0 Å². The van der Waals surface area contributed by atoms with Crippen LogP contribution in [0.3, 0.4) is 0 Å². The highest BCUT2D eigenvalue weighted by molar-refractivity contribution is 6.16. The van der Waals surface area contributed by atoms with Gasteiger partial charge in [0, 0.05) is 13.0 Å². The standard InChI is InChI=1S/C11H16ClN3/c1-15-9(6-12)13-14-11(15)10-7-4-2-3-5-8(7)10/h7-8,10H,2-6H2,1H3. The number of rotatable bonds is 2. The zero-order chi connectivity index (χ0) is 10.4. The lowest BCUT2D eigenvalue weighted by atomic mass is 10.0. The molecule has 4 heteroatoms. The van der Waals surface area contributed by atoms with Gasteiger partial charge in [-0.2, -0.15) is 0 Å². The van der Waals surface area contributed by atoms with Crippen LogP contribution in [0.2, 0.25) is 0 Å². The third-order valence-electron chi connectivity index (χ3n) is 4.07. The fourth-order valence-electron chi connectivity index (χ4n) is 3.16. The summed E-state index contributed by atoms with van der Waals surface area (Å²) in [6.07, 6.45) is 5.58. The number of halogens is 1. The van der Waals surface area contributed by atoms with Gasteiger partial charge in [0.05, 0.1) is 5.88 Å². The summed E-state index contributed by atoms with van der Waals surface area (Å²) in [6.45, 7) is 0. The molecule has 3 rings (SSSR count). The number of aromatic nitrogens is 3. The maximum absolute atomic E-state index is 5.80. The second-order valence-corrected chi connectivity index (χ2v) is 5.07. The van der Waals surface area contributed by atoms with Gasteiger partial charge in [-0.15, -0.1) is 21.8 Å². The van der Waals surface area contributed by atoms with E-state index in [-0.39, 0.29) is 0 Å². The van der Waals surface area contributed by atoms with Crippen molar-refractivity contribution in [1.29, 1.82) is 0 Å². The van der Waals surface area contributed by atoms with E-state index in [1.807, 2.05) is 7.05 Å². The van der Waals surface area contributed by atoms with Gasteiger partial charge in [0.25, 0.3) is 0 Å². The topological polar surface area (TPSA) is 30.7 Å². The molecule has 2 fully saturated rings. The van der Waals surface area contributed by atoms with Crippen LogP contribution in [0.25, 0.3) is 0 Å². The summed E-state index contributed by atoms with van der Waals surface area (Å²) < 4.78 is 2.09. The molecule has 0 amide bonds. The molecule has 0 saturated heterocycles. The molecule has 82 valence electrons. The molecule has 0 N–H and O–H groups in total. The Kier molecular flexibility index (Phi) is 2.23. The van der Waals surface area contributed by atoms with Gasteiger partial charge in [0.15, 0.2) is 0 Å². The third-order valence-corrected chi connectivity index (χ3v) is 4.31. The number of nitrogens with zero attached hydrogens (tertiary/aromatic N) is 3. The number of alkyl halides is 1. The van der Waals surface area contributed by atoms with Crippen molar-refractivity contribution < 1.29 is 0 Å². The molecule has 2 aliphatic carbocycles. The molecule has 0 aromatic carbocycles. The van der Waals surface area contributed by atoms with Crippen molar-refractivity contribution in [1.82, 2.24) is 14.8 Å². The molecule has 0 radical (unpaired) electrons. The molecule has 2 saturated carbocycles. The summed E-state index contributed by atoms with van der Waals surface area (Å²) in [4.78, 5) is 0. The summed E-state index contributed by atoms with van der Waals surface area (Å²) in [5.41, 5.74) is 0. The minimum Gasteiger partial charge on any atom is -0.317 e. The predicted octanol–water partition coefficient (Wildman–Crippen LogP) is 2.46. The maximum atomic E-state index is 5.80. The minimum absolute atomic E-state index is 0.464. The first-order valence-electron chi connectivity index (χ1n) is 5.77. The Morgan fingerprint density at radius 3 is 2.47 bits per heavy atom. The molecule has 1 aromatic heterocycles. The molecule has 2 aliphatic rings. The Morgan fingerprint density at radius 1 is 1.27 bits per heavy atom. The van der Waals surface area contributed by atoms with Gasteiger partial charge in [-0.3, -0.25) is 0 Å². The summed E-state index contributed by atoms with van der Waals surface area (Å²) in [6, 6.07) is 0. The number of fused-ring (bicyclic) bond motifs is 1. The summed E-state index contributed by atoms with van der Waals surface area (Å²) >= 11 is 5.80. The molecule has 2 atom stereocenters. The molecular weight excluding hydrogens is 210 g/mol. The van der Waals surface area contributed by atoms with Crippen molar-refractivity contribution in [2.75, 3.05) is 0 Å². The van der Waals surface area contributed by atoms with Crippen molar-refractivity contribution in [2.45, 2.75) is 37.5 Å². The lowest BCUT2D eigenvalue weighted by Crippen LogP contribution is -2.00. The second kappa shape index (κ2) is 3.48. The van der Waals surface area contributed by atoms with Gasteiger partial charge in [-0.1, -0.05) is 12.8 Å². The highest BCUT2D eigenvalue weighted by Crippen LogP contribution is 2.60. The van der Waals surface area contributed by atoms with Crippen LogP contribution in [0.15, 0.2) is 0 Å². The smallest absolute Gasteiger partial charge is 0.147 e. The molecule has 1 heterocycles. The average Bonchev–Trinajstić information content (AvgIpc) is 2.88. The zero-order valence-electron chi connectivity index (χ0n) is 8.99. The molecule has 0 aliphatic heterocycles. The third kappa shape index (κ3) is 1.40. The first-order chi connectivity index (χ1) is 7.33. The lowest BCUT2D eigenvalue weighted by Gasteiger charge is -2.04. The Balaban J connectivity index is 1.85. The van der Waals surface area contributed by atoms with Crippen LogP contribution in [0, 0.1) is 11.8 Å². The van der Waals surface area contributed by atoms with Crippen molar-refractivity contribution in [2.24, 2.45) is 18.9 Å². The maximum Gasteiger partial charge on any atom is 0.147 e. The van der Waals surface area contributed by atoms with Gasteiger partial charge in [-0.05, 0) is 24.7 Å². The fourth-order valence-corrected chi connectivity index (χ4v) is 3.39. The van der Waals surface area contributed by atoms with Crippen LogP contribution in [-0.2, 0) is 12.9 Å². The van der Waals surface area contributed by atoms with Crippen molar-refractivity contribution in [3.63, 3.8) is 0 Å². The monoisotopic (exact) mass is 225 g/mol. The average molecular weight is 226 g/mol. The van der Waals surface area contributed by atoms with Crippen LogP contribution >= 0.6 is 11.6 Å². The first-order valence-corrected chi connectivity index (χ1v) is 6.30. The van der Waals surface area contributed by atoms with E-state index in [4.69, 9.17) is 11.6 Å². The van der Waals surface area contributed by atoms with Gasteiger partial charge < -0.3 is 4.57 Å². The Bertz CT molecular complexity index is 362. The molecular formula is C11H16ClN3. The Hall–Kier alpha value is -0.570. The normalized spacial score (nSPS) is 33.9. The zero-order valence-corrected chi connectivity index (χ0v) is 9.74. The van der Waals surface area contributed by atoms with E-state index in [1.165, 1.54) is 31.5 Å². The summed E-state index contributed by atoms with van der Waals surface area (Å²) in [5, 5.41) is 8.44. The molecule has 3 nitrogen and oxygen atoms in total. The molecule has 1 aromatic rings. The van der Waals surface area contributed by atoms with Gasteiger partial charge >= 0.3 is 0 Å². The second-order valence-electron chi connectivity index (χ2n) is 4.81. The molecule has 0 spiro atoms. The minimum atomic E-state index is 0.464. The Labute approximate surface area is 94.8 Å². The van der Waals surface area contributed by atoms with Gasteiger partial charge in [-0.25, -0.2) is 0 Å². The first kappa shape index (κ1) is 9.64. The van der Waals surface area contributed by atoms with Crippen molar-refractivity contribution in [3.05, 3.63) is 11.6 Å². The van der Waals surface area contributed by atoms with Crippen LogP contribution in [0.4, 0.5) is 0 Å². The van der Waals surface area contributed by atoms with E-state index in [1.54, 1.807) is 0 Å². The van der Waals surface area contributed by atoms with Gasteiger partial charge in [0.1, 0.15) is 11.6 Å². The van der Waals surface area contributed by atoms with E-state index in [2.05, 4.69) is 14.8 Å². The lowest BCUT2D eigenvalue weighted by molar-refractivity contribution is 0.480. The number of hydrogen-bond donors (Lipinski definition) is 0. The van der Waals surface area contributed by atoms with E-state index in [9.17, 15) is 0 Å². The number of hydrogen-bond acceptors (Lipinski definition) is 2. The summed E-state index contributed by atoms with van der Waals surface area (Å²) in [5.74, 6) is 5.00. The SMILES string of the molecule is Cn1c(CCl)nnc1C1C2CCCCC21. The molecule has 15 heavy (non-hydrogen) atoms. The van der Waals surface area contributed by atoms with Crippen LogP contribution < -0.4 is 0 Å². The van der Waals surface area contributed by atoms with E-state index in [0.29, 0.717) is 11.8 Å². The predicted molar refractivity (Wildman–Crippen MR) is 58.7 cm³/mol. The van der Waals surface area contributed by atoms with Crippen LogP contribution in [0.5, 0.6) is 0 Å². The van der Waals surface area contributed by atoms with E-state index in [0.717, 1.165) is 17.7 Å². The van der Waals surface area contributed by atoms with E-state index >= 15 is 0 Å². The summed E-state index contributed by atoms with van der Waals surface area (Å²) in [7, 11) is 2.04. The molecule has 2 unspecified atom stereocenters. The van der Waals surface area contributed by atoms with Gasteiger partial charge in [0.2, 0.25) is 0 Å². The molecule has 0 bridgehead atoms. The van der Waals surface area contributed by atoms with Crippen molar-refractivity contribution >= 4 is 11.6 Å².